The van der Waals surface area contributed by atoms with E-state index in [-0.39, 0.29) is 17.8 Å². The van der Waals surface area contributed by atoms with Gasteiger partial charge in [0.2, 0.25) is 0 Å². The largest absolute Gasteiger partial charge is 0.344 e. The van der Waals surface area contributed by atoms with Crippen molar-refractivity contribution in [3.05, 3.63) is 117 Å². The lowest BCUT2D eigenvalue weighted by atomic mass is 9.89. The Morgan fingerprint density at radius 3 is 2.53 bits per heavy atom. The van der Waals surface area contributed by atoms with Gasteiger partial charge in [0.15, 0.2) is 5.69 Å². The summed E-state index contributed by atoms with van der Waals surface area (Å²) in [6, 6.07) is 21.2. The molecule has 4 nitrogen and oxygen atoms in total. The average Bonchev–Trinajstić information content (AvgIpc) is 3.26. The van der Waals surface area contributed by atoms with Crippen LogP contribution < -0.4 is 5.32 Å². The lowest BCUT2D eigenvalue weighted by Gasteiger charge is -2.19. The van der Waals surface area contributed by atoms with Crippen molar-refractivity contribution in [3.63, 3.8) is 0 Å². The zero-order chi connectivity index (χ0) is 25.2. The first-order valence-electron chi connectivity index (χ1n) is 11.8. The summed E-state index contributed by atoms with van der Waals surface area (Å²) in [5.41, 5.74) is 5.62. The van der Waals surface area contributed by atoms with Gasteiger partial charge in [0.25, 0.3) is 5.91 Å². The number of amides is 1. The number of rotatable bonds is 5. The first-order valence-corrected chi connectivity index (χ1v) is 12.6. The van der Waals surface area contributed by atoms with E-state index in [9.17, 15) is 9.18 Å². The number of nitrogens with zero attached hydrogens (tertiary/aromatic N) is 2. The van der Waals surface area contributed by atoms with Crippen LogP contribution in [0.1, 0.15) is 58.7 Å². The molecule has 0 spiro atoms. The predicted octanol–water partition coefficient (Wildman–Crippen LogP) is 7.69. The normalized spacial score (nSPS) is 14.9. The molecule has 1 amide bonds. The molecule has 3 aromatic carbocycles. The molecule has 1 aliphatic rings. The molecule has 0 saturated carbocycles. The lowest BCUT2D eigenvalue weighted by Crippen LogP contribution is -2.28. The smallest absolute Gasteiger partial charge is 0.272 e. The van der Waals surface area contributed by atoms with E-state index >= 15 is 0 Å². The summed E-state index contributed by atoms with van der Waals surface area (Å²) in [5, 5.41) is 8.82. The maximum Gasteiger partial charge on any atom is 0.272 e. The van der Waals surface area contributed by atoms with Gasteiger partial charge in [0, 0.05) is 10.6 Å². The zero-order valence-electron chi connectivity index (χ0n) is 19.6. The summed E-state index contributed by atoms with van der Waals surface area (Å²) >= 11 is 12.7. The van der Waals surface area contributed by atoms with Crippen molar-refractivity contribution >= 4 is 40.8 Å². The molecular formula is C29H24Cl2FN3O. The van der Waals surface area contributed by atoms with Crippen LogP contribution in [0.4, 0.5) is 4.39 Å². The second-order valence-electron chi connectivity index (χ2n) is 8.86. The van der Waals surface area contributed by atoms with E-state index in [1.165, 1.54) is 12.1 Å². The predicted molar refractivity (Wildman–Crippen MR) is 143 cm³/mol. The van der Waals surface area contributed by atoms with Crippen LogP contribution in [0.3, 0.4) is 0 Å². The topological polar surface area (TPSA) is 46.9 Å². The van der Waals surface area contributed by atoms with E-state index in [0.29, 0.717) is 27.8 Å². The van der Waals surface area contributed by atoms with Crippen molar-refractivity contribution in [2.45, 2.75) is 32.2 Å². The fraction of sp³-hybridized carbons (Fsp3) is 0.172. The van der Waals surface area contributed by atoms with Crippen molar-refractivity contribution in [2.75, 3.05) is 0 Å². The molecule has 0 unspecified atom stereocenters. The molecule has 5 rings (SSSR count). The van der Waals surface area contributed by atoms with Crippen molar-refractivity contribution in [1.29, 1.82) is 0 Å². The van der Waals surface area contributed by atoms with Crippen LogP contribution >= 0.6 is 23.2 Å². The summed E-state index contributed by atoms with van der Waals surface area (Å²) in [6.07, 6.45) is 4.40. The van der Waals surface area contributed by atoms with E-state index < -0.39 is 0 Å². The number of carbonyl (C=O) groups excluding carboxylic acids is 1. The SMILES string of the molecule is C[C@@H](NC(=O)c1nn(-c2ccc(Cl)cc2Cl)c2c1CCCC2=Cc1ccc(F)cc1)c1ccccc1. The molecule has 1 heterocycles. The Labute approximate surface area is 219 Å². The van der Waals surface area contributed by atoms with Gasteiger partial charge in [-0.2, -0.15) is 5.10 Å². The molecular weight excluding hydrogens is 496 g/mol. The molecule has 0 fully saturated rings. The summed E-state index contributed by atoms with van der Waals surface area (Å²) in [6.45, 7) is 1.95. The monoisotopic (exact) mass is 519 g/mol. The quantitative estimate of drug-likeness (QED) is 0.293. The van der Waals surface area contributed by atoms with Crippen molar-refractivity contribution in [1.82, 2.24) is 15.1 Å². The molecule has 0 bridgehead atoms. The Hall–Kier alpha value is -3.41. The molecule has 36 heavy (non-hydrogen) atoms. The third-order valence-corrected chi connectivity index (χ3v) is 6.91. The van der Waals surface area contributed by atoms with E-state index in [0.717, 1.165) is 40.8 Å². The number of halogens is 3. The molecule has 0 radical (unpaired) electrons. The first kappa shape index (κ1) is 24.3. The van der Waals surface area contributed by atoms with E-state index in [1.807, 2.05) is 43.3 Å². The summed E-state index contributed by atoms with van der Waals surface area (Å²) in [7, 11) is 0. The Morgan fingerprint density at radius 1 is 1.06 bits per heavy atom. The van der Waals surface area contributed by atoms with E-state index in [2.05, 4.69) is 5.32 Å². The highest BCUT2D eigenvalue weighted by atomic mass is 35.5. The number of hydrogen-bond acceptors (Lipinski definition) is 2. The minimum atomic E-state index is -0.286. The Bertz CT molecular complexity index is 1450. The number of allylic oxidation sites excluding steroid dienone is 1. The molecule has 1 aliphatic carbocycles. The minimum Gasteiger partial charge on any atom is -0.344 e. The summed E-state index contributed by atoms with van der Waals surface area (Å²) in [4.78, 5) is 13.5. The maximum atomic E-state index is 13.5. The van der Waals surface area contributed by atoms with Crippen molar-refractivity contribution in [3.8, 4) is 5.69 Å². The Morgan fingerprint density at radius 2 is 1.81 bits per heavy atom. The van der Waals surface area contributed by atoms with Crippen molar-refractivity contribution < 1.29 is 9.18 Å². The van der Waals surface area contributed by atoms with Gasteiger partial charge in [0.1, 0.15) is 5.82 Å². The molecule has 0 aliphatic heterocycles. The molecule has 0 saturated heterocycles. The standard InChI is InChI=1S/C29H24Cl2FN3O/c1-18(20-6-3-2-4-7-20)33-29(36)27-24-9-5-8-21(16-19-10-13-23(32)14-11-19)28(24)35(34-27)26-15-12-22(30)17-25(26)31/h2-4,6-7,10-18H,5,8-9H2,1H3,(H,33,36)/t18-/m1/s1. The first-order chi connectivity index (χ1) is 17.4. The highest BCUT2D eigenvalue weighted by molar-refractivity contribution is 6.35. The van der Waals surface area contributed by atoms with Gasteiger partial charge < -0.3 is 5.32 Å². The van der Waals surface area contributed by atoms with Gasteiger partial charge in [0.05, 0.1) is 22.4 Å². The highest BCUT2D eigenvalue weighted by Crippen LogP contribution is 2.37. The summed E-state index contributed by atoms with van der Waals surface area (Å²) < 4.78 is 15.2. The van der Waals surface area contributed by atoms with E-state index in [1.54, 1.807) is 35.0 Å². The molecule has 7 heteroatoms. The average molecular weight is 520 g/mol. The maximum absolute atomic E-state index is 13.5. The summed E-state index contributed by atoms with van der Waals surface area (Å²) in [5.74, 6) is -0.527. The van der Waals surface area contributed by atoms with Crippen LogP contribution in [-0.4, -0.2) is 15.7 Å². The fourth-order valence-corrected chi connectivity index (χ4v) is 5.08. The minimum absolute atomic E-state index is 0.184. The van der Waals surface area contributed by atoms with Gasteiger partial charge in [-0.05, 0) is 79.3 Å². The van der Waals surface area contributed by atoms with Crippen LogP contribution in [0, 0.1) is 5.82 Å². The molecule has 1 N–H and O–H groups in total. The number of hydrogen-bond donors (Lipinski definition) is 1. The number of nitrogens with one attached hydrogen (secondary N) is 1. The Kier molecular flexibility index (Phi) is 6.95. The molecule has 1 atom stereocenters. The number of carbonyl (C=O) groups is 1. The van der Waals surface area contributed by atoms with Gasteiger partial charge in [-0.3, -0.25) is 4.79 Å². The fourth-order valence-electron chi connectivity index (χ4n) is 4.59. The highest BCUT2D eigenvalue weighted by Gasteiger charge is 2.29. The lowest BCUT2D eigenvalue weighted by molar-refractivity contribution is 0.0933. The third-order valence-electron chi connectivity index (χ3n) is 6.37. The van der Waals surface area contributed by atoms with Gasteiger partial charge >= 0.3 is 0 Å². The second-order valence-corrected chi connectivity index (χ2v) is 9.71. The van der Waals surface area contributed by atoms with Crippen molar-refractivity contribution in [2.24, 2.45) is 0 Å². The van der Waals surface area contributed by atoms with Crippen LogP contribution in [0.2, 0.25) is 10.0 Å². The van der Waals surface area contributed by atoms with Gasteiger partial charge in [-0.25, -0.2) is 9.07 Å². The number of benzene rings is 3. The van der Waals surface area contributed by atoms with Gasteiger partial charge in [-0.15, -0.1) is 0 Å². The van der Waals surface area contributed by atoms with Crippen LogP contribution in [0.15, 0.2) is 72.8 Å². The number of aromatic nitrogens is 2. The van der Waals surface area contributed by atoms with Crippen LogP contribution in [0.25, 0.3) is 17.3 Å². The zero-order valence-corrected chi connectivity index (χ0v) is 21.2. The van der Waals surface area contributed by atoms with Crippen LogP contribution in [-0.2, 0) is 6.42 Å². The number of fused-ring (bicyclic) bond motifs is 1. The van der Waals surface area contributed by atoms with Gasteiger partial charge in [-0.1, -0.05) is 65.7 Å². The van der Waals surface area contributed by atoms with Crippen LogP contribution in [0.5, 0.6) is 0 Å². The molecule has 4 aromatic rings. The second kappa shape index (κ2) is 10.3. The van der Waals surface area contributed by atoms with E-state index in [4.69, 9.17) is 28.3 Å². The third kappa shape index (κ3) is 4.95. The molecule has 182 valence electrons. The Balaban J connectivity index is 1.61. The molecule has 1 aromatic heterocycles.